The van der Waals surface area contributed by atoms with Crippen LogP contribution in [0, 0.1) is 0 Å². The molecule has 9 heavy (non-hydrogen) atoms. The molecule has 0 aromatic rings. The Bertz CT molecular complexity index is 51.8. The molecule has 0 rings (SSSR count). The molecule has 0 bridgehead atoms. The molecule has 0 amide bonds. The molecule has 0 aliphatic heterocycles. The highest BCUT2D eigenvalue weighted by Gasteiger charge is 1.83. The van der Waals surface area contributed by atoms with E-state index >= 15 is 0 Å². The molecule has 0 aromatic carbocycles. The lowest BCUT2D eigenvalue weighted by Gasteiger charge is -2.01. The van der Waals surface area contributed by atoms with Crippen molar-refractivity contribution in [2.75, 3.05) is 40.4 Å². The second kappa shape index (κ2) is 7.88. The van der Waals surface area contributed by atoms with Gasteiger partial charge in [0, 0.05) is 15.9 Å². The van der Waals surface area contributed by atoms with Crippen LogP contribution in [0.15, 0.2) is 0 Å². The number of ether oxygens (including phenoxy) is 1. The maximum absolute atomic E-state index is 5.19. The first kappa shape index (κ1) is 8.88. The van der Waals surface area contributed by atoms with Crippen LogP contribution in [0.3, 0.4) is 0 Å². The molecule has 0 radical (unpaired) electrons. The summed E-state index contributed by atoms with van der Waals surface area (Å²) in [4.78, 5) is 0. The van der Waals surface area contributed by atoms with Crippen molar-refractivity contribution in [2.24, 2.45) is 0 Å². The van der Waals surface area contributed by atoms with Crippen molar-refractivity contribution in [3.63, 3.8) is 0 Å². The van der Waals surface area contributed by atoms with E-state index in [1.54, 1.807) is 0 Å². The van der Waals surface area contributed by atoms with E-state index in [4.69, 9.17) is 4.74 Å². The van der Waals surface area contributed by atoms with E-state index in [2.05, 4.69) is 10.6 Å². The van der Waals surface area contributed by atoms with Crippen LogP contribution in [-0.2, 0) is 4.74 Å². The molecule has 3 nitrogen and oxygen atoms in total. The predicted molar refractivity (Wildman–Crippen MR) is 42.9 cm³/mol. The molecule has 0 fully saturated rings. The summed E-state index contributed by atoms with van der Waals surface area (Å²) in [5, 5.41) is 6.00. The Morgan fingerprint density at radius 3 is 1.89 bits per heavy atom. The molecule has 3 heteroatoms. The van der Waals surface area contributed by atoms with Gasteiger partial charge < -0.3 is 15.4 Å². The lowest BCUT2D eigenvalue weighted by atomic mass is 10.6. The Kier molecular flexibility index (Phi) is 7.77. The third kappa shape index (κ3) is 7.88. The van der Waals surface area contributed by atoms with Gasteiger partial charge in [-0.05, 0) is 14.1 Å². The third-order valence-electron chi connectivity index (χ3n) is 0.993. The molecule has 0 atom stereocenters. The fourth-order valence-corrected chi connectivity index (χ4v) is 0.451. The highest BCUT2D eigenvalue weighted by atomic mass is 16.5. The van der Waals surface area contributed by atoms with Crippen LogP contribution in [-0.4, -0.2) is 40.4 Å². The fourth-order valence-electron chi connectivity index (χ4n) is 0.451. The summed E-state index contributed by atoms with van der Waals surface area (Å²) >= 11 is 0. The average molecular weight is 136 g/mol. The number of hydrogen-bond acceptors (Lipinski definition) is 3. The highest BCUT2D eigenvalue weighted by Crippen LogP contribution is 1.69. The second-order valence-electron chi connectivity index (χ2n) is 1.82. The quantitative estimate of drug-likeness (QED) is 0.502. The minimum Gasteiger partial charge on any atom is -0.379 e. The smallest absolute Gasteiger partial charge is 0.0591 e. The second-order valence-corrected chi connectivity index (χ2v) is 1.82. The largest absolute Gasteiger partial charge is 0.379 e. The van der Waals surface area contributed by atoms with Crippen LogP contribution >= 0.6 is 0 Å². The molecule has 0 saturated carbocycles. The lowest BCUT2D eigenvalue weighted by Crippen LogP contribution is -2.19. The van der Waals surface area contributed by atoms with Crippen molar-refractivity contribution >= 4 is 0 Å². The summed E-state index contributed by atoms with van der Waals surface area (Å²) in [6, 6.07) is 0. The summed E-state index contributed by atoms with van der Waals surface area (Å²) in [6.07, 6.45) is 0. The third-order valence-corrected chi connectivity index (χ3v) is 0.993. The molecule has 0 unspecified atom stereocenters. The number of hydrogen-bond donors (Lipinski definition) is 2. The Balaban J connectivity index is -0.000000320. The normalized spacial score (nSPS) is 10.0. The van der Waals surface area contributed by atoms with Gasteiger partial charge in [0.25, 0.3) is 0 Å². The molecular formula is C6H20N2O. The molecule has 0 aliphatic carbocycles. The first-order valence-electron chi connectivity index (χ1n) is 3.28. The lowest BCUT2D eigenvalue weighted by molar-refractivity contribution is 0.140. The Morgan fingerprint density at radius 1 is 1.11 bits per heavy atom. The van der Waals surface area contributed by atoms with Crippen LogP contribution in [0.25, 0.3) is 0 Å². The van der Waals surface area contributed by atoms with Crippen molar-refractivity contribution in [1.29, 1.82) is 0 Å². The topological polar surface area (TPSA) is 33.3 Å². The first-order valence-corrected chi connectivity index (χ1v) is 3.28. The monoisotopic (exact) mass is 136 g/mol. The summed E-state index contributed by atoms with van der Waals surface area (Å²) in [5.41, 5.74) is 0. The van der Waals surface area contributed by atoms with Gasteiger partial charge in [-0.15, -0.1) is 0 Å². The molecule has 2 N–H and O–H groups in total. The van der Waals surface area contributed by atoms with Crippen molar-refractivity contribution in [3.05, 3.63) is 0 Å². The van der Waals surface area contributed by atoms with Crippen LogP contribution < -0.4 is 10.6 Å². The molecular weight excluding hydrogens is 116 g/mol. The SMILES string of the molecule is CNCCOCCNC.[HH].[HH]. The zero-order valence-corrected chi connectivity index (χ0v) is 6.24. The Morgan fingerprint density at radius 2 is 1.56 bits per heavy atom. The van der Waals surface area contributed by atoms with Crippen molar-refractivity contribution in [1.82, 2.24) is 10.6 Å². The fraction of sp³-hybridized carbons (Fsp3) is 1.00. The van der Waals surface area contributed by atoms with Crippen molar-refractivity contribution < 1.29 is 7.59 Å². The summed E-state index contributed by atoms with van der Waals surface area (Å²) in [5.74, 6) is 0. The van der Waals surface area contributed by atoms with Gasteiger partial charge in [-0.3, -0.25) is 0 Å². The predicted octanol–water partition coefficient (Wildman–Crippen LogP) is -0.0662. The number of likely N-dealkylation sites (N-methyl/N-ethyl adjacent to an activating group) is 2. The Hall–Kier alpha value is -0.120. The van der Waals surface area contributed by atoms with E-state index in [9.17, 15) is 0 Å². The van der Waals surface area contributed by atoms with E-state index in [1.165, 1.54) is 0 Å². The van der Waals surface area contributed by atoms with Crippen LogP contribution in [0.5, 0.6) is 0 Å². The minimum absolute atomic E-state index is 0. The number of rotatable bonds is 6. The highest BCUT2D eigenvalue weighted by molar-refractivity contribution is 4.38. The summed E-state index contributed by atoms with van der Waals surface area (Å²) < 4.78 is 5.19. The average Bonchev–Trinajstić information content (AvgIpc) is 1.89. The molecule has 0 spiro atoms. The zero-order valence-electron chi connectivity index (χ0n) is 6.24. The molecule has 0 aromatic heterocycles. The molecule has 0 saturated heterocycles. The molecule has 0 aliphatic rings. The zero-order chi connectivity index (χ0) is 6.95. The summed E-state index contributed by atoms with van der Waals surface area (Å²) in [7, 11) is 3.84. The maximum Gasteiger partial charge on any atom is 0.0591 e. The van der Waals surface area contributed by atoms with Crippen molar-refractivity contribution in [3.8, 4) is 0 Å². The van der Waals surface area contributed by atoms with Gasteiger partial charge in [-0.25, -0.2) is 0 Å². The van der Waals surface area contributed by atoms with Crippen LogP contribution in [0.2, 0.25) is 0 Å². The van der Waals surface area contributed by atoms with Crippen molar-refractivity contribution in [2.45, 2.75) is 0 Å². The van der Waals surface area contributed by atoms with Gasteiger partial charge in [0.1, 0.15) is 0 Å². The molecule has 0 heterocycles. The summed E-state index contributed by atoms with van der Waals surface area (Å²) in [6.45, 7) is 3.48. The van der Waals surface area contributed by atoms with Gasteiger partial charge in [0.15, 0.2) is 0 Å². The van der Waals surface area contributed by atoms with E-state index in [-0.39, 0.29) is 2.85 Å². The first-order chi connectivity index (χ1) is 4.41. The van der Waals surface area contributed by atoms with Gasteiger partial charge in [0.05, 0.1) is 13.2 Å². The number of nitrogens with one attached hydrogen (secondary N) is 2. The van der Waals surface area contributed by atoms with E-state index in [0.717, 1.165) is 26.3 Å². The van der Waals surface area contributed by atoms with E-state index in [1.807, 2.05) is 14.1 Å². The molecule has 60 valence electrons. The van der Waals surface area contributed by atoms with Gasteiger partial charge >= 0.3 is 0 Å². The van der Waals surface area contributed by atoms with E-state index < -0.39 is 0 Å². The standard InChI is InChI=1S/C6H16N2O.2H2/c1-7-3-5-9-6-4-8-2;;/h7-8H,3-6H2,1-2H3;2*1H. The minimum atomic E-state index is 0. The van der Waals surface area contributed by atoms with E-state index in [0.29, 0.717) is 0 Å². The van der Waals surface area contributed by atoms with Gasteiger partial charge in [-0.1, -0.05) is 0 Å². The van der Waals surface area contributed by atoms with Gasteiger partial charge in [-0.2, -0.15) is 0 Å². The van der Waals surface area contributed by atoms with Crippen LogP contribution in [0.1, 0.15) is 2.85 Å². The van der Waals surface area contributed by atoms with Gasteiger partial charge in [0.2, 0.25) is 0 Å². The maximum atomic E-state index is 5.19. The van der Waals surface area contributed by atoms with Crippen LogP contribution in [0.4, 0.5) is 0 Å². The Labute approximate surface area is 59.7 Å².